The average Bonchev–Trinajstić information content (AvgIpc) is 3.57. The Morgan fingerprint density at radius 1 is 0.889 bits per heavy atom. The van der Waals surface area contributed by atoms with Gasteiger partial charge < -0.3 is 24.2 Å². The van der Waals surface area contributed by atoms with Gasteiger partial charge in [-0.3, -0.25) is 9.59 Å². The zero-order valence-electron chi connectivity index (χ0n) is 19.8. The van der Waals surface area contributed by atoms with Crippen LogP contribution in [0, 0.1) is 6.92 Å². The zero-order valence-corrected chi connectivity index (χ0v) is 19.8. The molecule has 0 fully saturated rings. The van der Waals surface area contributed by atoms with Crippen LogP contribution in [0.1, 0.15) is 43.3 Å². The minimum absolute atomic E-state index is 0.132. The molecule has 1 aromatic heterocycles. The molecule has 0 aliphatic carbocycles. The second-order valence-electron chi connectivity index (χ2n) is 8.56. The van der Waals surface area contributed by atoms with Crippen LogP contribution in [0.15, 0.2) is 83.4 Å². The highest BCUT2D eigenvalue weighted by Gasteiger charge is 2.23. The van der Waals surface area contributed by atoms with E-state index >= 15 is 0 Å². The average molecular weight is 484 g/mol. The van der Waals surface area contributed by atoms with Crippen molar-refractivity contribution in [2.45, 2.75) is 26.6 Å². The first-order chi connectivity index (χ1) is 17.5. The number of nitrogens with one attached hydrogen (secondary N) is 1. The smallest absolute Gasteiger partial charge is 0.273 e. The van der Waals surface area contributed by atoms with Crippen LogP contribution in [0.25, 0.3) is 0 Å². The number of carbonyl (C=O) groups is 2. The lowest BCUT2D eigenvalue weighted by Gasteiger charge is -2.22. The number of hydrogen-bond donors (Lipinski definition) is 1. The summed E-state index contributed by atoms with van der Waals surface area (Å²) >= 11 is 0. The van der Waals surface area contributed by atoms with Crippen LogP contribution >= 0.6 is 0 Å². The second-order valence-corrected chi connectivity index (χ2v) is 8.56. The minimum atomic E-state index is -0.345. The fourth-order valence-corrected chi connectivity index (χ4v) is 3.88. The van der Waals surface area contributed by atoms with E-state index in [1.165, 1.54) is 0 Å². The summed E-state index contributed by atoms with van der Waals surface area (Å²) in [4.78, 5) is 27.7. The summed E-state index contributed by atoms with van der Waals surface area (Å²) in [6.45, 7) is 3.01. The predicted molar refractivity (Wildman–Crippen MR) is 131 cm³/mol. The summed E-state index contributed by atoms with van der Waals surface area (Å²) in [7, 11) is 0. The molecule has 8 heteroatoms. The fraction of sp³-hybridized carbons (Fsp3) is 0.179. The quantitative estimate of drug-likeness (QED) is 0.397. The molecule has 1 aliphatic rings. The summed E-state index contributed by atoms with van der Waals surface area (Å²) in [5.41, 5.74) is 3.72. The van der Waals surface area contributed by atoms with Gasteiger partial charge in [0.1, 0.15) is 0 Å². The van der Waals surface area contributed by atoms with E-state index in [1.807, 2.05) is 61.5 Å². The first kappa shape index (κ1) is 23.2. The molecule has 1 aliphatic heterocycles. The monoisotopic (exact) mass is 483 g/mol. The number of aryl methyl sites for hydroxylation is 1. The molecule has 1 N–H and O–H groups in total. The Kier molecular flexibility index (Phi) is 6.66. The number of carbonyl (C=O) groups excluding carboxylic acids is 2. The van der Waals surface area contributed by atoms with Crippen molar-refractivity contribution in [2.24, 2.45) is 0 Å². The van der Waals surface area contributed by atoms with E-state index in [0.29, 0.717) is 35.9 Å². The van der Waals surface area contributed by atoms with Crippen molar-refractivity contribution in [3.05, 3.63) is 113 Å². The van der Waals surface area contributed by atoms with Crippen molar-refractivity contribution in [1.29, 1.82) is 0 Å². The summed E-state index contributed by atoms with van der Waals surface area (Å²) in [5.74, 6) is 0.993. The van der Waals surface area contributed by atoms with Gasteiger partial charge in [-0.1, -0.05) is 65.3 Å². The highest BCUT2D eigenvalue weighted by molar-refractivity contribution is 5.95. The fourth-order valence-electron chi connectivity index (χ4n) is 3.88. The molecule has 0 saturated carbocycles. The van der Waals surface area contributed by atoms with Gasteiger partial charge in [-0.2, -0.15) is 0 Å². The molecule has 4 aromatic rings. The lowest BCUT2D eigenvalue weighted by Crippen LogP contribution is -2.30. The maximum absolute atomic E-state index is 13.5. The number of amides is 2. The SMILES string of the molecule is Cc1ccc(CNC(=O)c2cc(CN(Cc3ccccc3)C(=O)c3ccc4c(c3)OCO4)on2)cc1. The topological polar surface area (TPSA) is 93.9 Å². The Morgan fingerprint density at radius 3 is 2.47 bits per heavy atom. The van der Waals surface area contributed by atoms with Crippen LogP contribution in [0.2, 0.25) is 0 Å². The van der Waals surface area contributed by atoms with Crippen LogP contribution < -0.4 is 14.8 Å². The van der Waals surface area contributed by atoms with Gasteiger partial charge in [0, 0.05) is 24.7 Å². The van der Waals surface area contributed by atoms with Crippen molar-refractivity contribution in [3.8, 4) is 11.5 Å². The Balaban J connectivity index is 1.30. The van der Waals surface area contributed by atoms with Crippen molar-refractivity contribution >= 4 is 11.8 Å². The van der Waals surface area contributed by atoms with E-state index in [1.54, 1.807) is 29.2 Å². The van der Waals surface area contributed by atoms with E-state index in [2.05, 4.69) is 10.5 Å². The minimum Gasteiger partial charge on any atom is -0.454 e. The van der Waals surface area contributed by atoms with Crippen molar-refractivity contribution in [2.75, 3.05) is 6.79 Å². The Morgan fingerprint density at radius 2 is 1.67 bits per heavy atom. The number of nitrogens with zero attached hydrogens (tertiary/aromatic N) is 2. The van der Waals surface area contributed by atoms with Crippen molar-refractivity contribution < 1.29 is 23.6 Å². The van der Waals surface area contributed by atoms with Gasteiger partial charge in [-0.25, -0.2) is 0 Å². The van der Waals surface area contributed by atoms with Gasteiger partial charge in [-0.15, -0.1) is 0 Å². The van der Waals surface area contributed by atoms with Gasteiger partial charge in [0.2, 0.25) is 6.79 Å². The number of rotatable bonds is 8. The van der Waals surface area contributed by atoms with E-state index in [4.69, 9.17) is 14.0 Å². The molecule has 5 rings (SSSR count). The molecule has 0 atom stereocenters. The first-order valence-electron chi connectivity index (χ1n) is 11.6. The summed E-state index contributed by atoms with van der Waals surface area (Å²) < 4.78 is 16.2. The van der Waals surface area contributed by atoms with Gasteiger partial charge in [0.15, 0.2) is 23.0 Å². The van der Waals surface area contributed by atoms with E-state index < -0.39 is 0 Å². The Hall–Kier alpha value is -4.59. The number of aromatic nitrogens is 1. The molecule has 3 aromatic carbocycles. The predicted octanol–water partition coefficient (Wildman–Crippen LogP) is 4.48. The van der Waals surface area contributed by atoms with Crippen LogP contribution in [-0.4, -0.2) is 28.7 Å². The van der Waals surface area contributed by atoms with Crippen LogP contribution in [0.3, 0.4) is 0 Å². The molecule has 182 valence electrons. The summed E-state index contributed by atoms with van der Waals surface area (Å²) in [5, 5.41) is 6.77. The lowest BCUT2D eigenvalue weighted by atomic mass is 10.1. The third-order valence-corrected chi connectivity index (χ3v) is 5.83. The summed E-state index contributed by atoms with van der Waals surface area (Å²) in [6.07, 6.45) is 0. The molecule has 0 spiro atoms. The third-order valence-electron chi connectivity index (χ3n) is 5.83. The molecule has 0 saturated heterocycles. The maximum atomic E-state index is 13.5. The van der Waals surface area contributed by atoms with E-state index in [9.17, 15) is 9.59 Å². The highest BCUT2D eigenvalue weighted by Crippen LogP contribution is 2.33. The van der Waals surface area contributed by atoms with Crippen LogP contribution in [-0.2, 0) is 19.6 Å². The van der Waals surface area contributed by atoms with Gasteiger partial charge in [0.25, 0.3) is 11.8 Å². The van der Waals surface area contributed by atoms with Gasteiger partial charge in [-0.05, 0) is 36.2 Å². The number of fused-ring (bicyclic) bond motifs is 1. The molecule has 8 nitrogen and oxygen atoms in total. The first-order valence-corrected chi connectivity index (χ1v) is 11.6. The van der Waals surface area contributed by atoms with E-state index in [0.717, 1.165) is 16.7 Å². The Bertz CT molecular complexity index is 1370. The number of ether oxygens (including phenoxy) is 2. The molecule has 0 bridgehead atoms. The zero-order chi connectivity index (χ0) is 24.9. The molecular weight excluding hydrogens is 458 g/mol. The van der Waals surface area contributed by atoms with Crippen LogP contribution in [0.5, 0.6) is 11.5 Å². The number of benzene rings is 3. The molecule has 2 amide bonds. The molecule has 0 radical (unpaired) electrons. The molecule has 0 unspecified atom stereocenters. The molecular formula is C28H25N3O5. The second kappa shape index (κ2) is 10.4. The van der Waals surface area contributed by atoms with E-state index in [-0.39, 0.29) is 30.8 Å². The normalized spacial score (nSPS) is 11.8. The maximum Gasteiger partial charge on any atom is 0.273 e. The standard InChI is InChI=1S/C28H25N3O5/c1-19-7-9-20(10-8-19)15-29-27(32)24-14-23(36-30-24)17-31(16-21-5-3-2-4-6-21)28(33)22-11-12-25-26(13-22)35-18-34-25/h2-14H,15-18H2,1H3,(H,29,32). The number of hydrogen-bond acceptors (Lipinski definition) is 6. The lowest BCUT2D eigenvalue weighted by molar-refractivity contribution is 0.0712. The van der Waals surface area contributed by atoms with Crippen molar-refractivity contribution in [3.63, 3.8) is 0 Å². The van der Waals surface area contributed by atoms with Crippen molar-refractivity contribution in [1.82, 2.24) is 15.4 Å². The van der Waals surface area contributed by atoms with Crippen LogP contribution in [0.4, 0.5) is 0 Å². The highest BCUT2D eigenvalue weighted by atomic mass is 16.7. The Labute approximate surface area is 208 Å². The third kappa shape index (κ3) is 5.38. The van der Waals surface area contributed by atoms with Gasteiger partial charge >= 0.3 is 0 Å². The summed E-state index contributed by atoms with van der Waals surface area (Å²) in [6, 6.07) is 24.2. The largest absolute Gasteiger partial charge is 0.454 e. The molecule has 2 heterocycles. The van der Waals surface area contributed by atoms with Gasteiger partial charge in [0.05, 0.1) is 6.54 Å². The molecule has 36 heavy (non-hydrogen) atoms.